The largest absolute Gasteiger partial charge is 0.497 e. The first-order chi connectivity index (χ1) is 18.4. The number of Topliss-reactive ketones (excluding diaryl/α,β-unsaturated/α-hetero) is 1. The van der Waals surface area contributed by atoms with Crippen LogP contribution < -0.4 is 10.3 Å². The first-order valence-electron chi connectivity index (χ1n) is 12.2. The van der Waals surface area contributed by atoms with Crippen molar-refractivity contribution in [2.24, 2.45) is 7.05 Å². The number of rotatable bonds is 8. The summed E-state index contributed by atoms with van der Waals surface area (Å²) in [4.78, 5) is 31.4. The predicted molar refractivity (Wildman–Crippen MR) is 151 cm³/mol. The summed E-state index contributed by atoms with van der Waals surface area (Å²) in [6, 6.07) is 25.3. The number of para-hydroxylation sites is 1. The smallest absolute Gasteiger partial charge is 0.282 e. The van der Waals surface area contributed by atoms with E-state index in [-0.39, 0.29) is 22.7 Å². The van der Waals surface area contributed by atoms with Gasteiger partial charge >= 0.3 is 0 Å². The lowest BCUT2D eigenvalue weighted by molar-refractivity contribution is 0.102. The summed E-state index contributed by atoms with van der Waals surface area (Å²) in [6.45, 7) is 3.85. The molecule has 0 spiro atoms. The van der Waals surface area contributed by atoms with Gasteiger partial charge in [0.15, 0.2) is 10.9 Å². The van der Waals surface area contributed by atoms with Crippen LogP contribution in [0.5, 0.6) is 5.75 Å². The molecule has 0 aliphatic carbocycles. The van der Waals surface area contributed by atoms with Crippen molar-refractivity contribution in [3.8, 4) is 28.4 Å². The van der Waals surface area contributed by atoms with Crippen LogP contribution in [0.1, 0.15) is 21.6 Å². The first-order valence-corrected chi connectivity index (χ1v) is 13.2. The van der Waals surface area contributed by atoms with Gasteiger partial charge in [-0.15, -0.1) is 0 Å². The van der Waals surface area contributed by atoms with E-state index in [0.29, 0.717) is 16.5 Å². The maximum Gasteiger partial charge on any atom is 0.282 e. The van der Waals surface area contributed by atoms with Crippen molar-refractivity contribution in [2.75, 3.05) is 12.9 Å². The molecule has 7 nitrogen and oxygen atoms in total. The van der Waals surface area contributed by atoms with Gasteiger partial charge in [-0.2, -0.15) is 0 Å². The Morgan fingerprint density at radius 1 is 0.921 bits per heavy atom. The van der Waals surface area contributed by atoms with Gasteiger partial charge in [0.25, 0.3) is 5.56 Å². The van der Waals surface area contributed by atoms with E-state index in [9.17, 15) is 9.59 Å². The Hall–Kier alpha value is -4.30. The van der Waals surface area contributed by atoms with Gasteiger partial charge in [-0.1, -0.05) is 59.8 Å². The summed E-state index contributed by atoms with van der Waals surface area (Å²) in [7, 11) is 3.42. The Morgan fingerprint density at radius 2 is 1.61 bits per heavy atom. The third-order valence-corrected chi connectivity index (χ3v) is 7.53. The molecule has 0 saturated heterocycles. The molecule has 38 heavy (non-hydrogen) atoms. The Morgan fingerprint density at radius 3 is 2.26 bits per heavy atom. The molecule has 0 bridgehead atoms. The predicted octanol–water partition coefficient (Wildman–Crippen LogP) is 5.63. The molecule has 5 aromatic rings. The van der Waals surface area contributed by atoms with E-state index in [1.807, 2.05) is 65.4 Å². The first kappa shape index (κ1) is 25.4. The third kappa shape index (κ3) is 4.70. The van der Waals surface area contributed by atoms with Crippen molar-refractivity contribution in [1.29, 1.82) is 0 Å². The number of imidazole rings is 1. The van der Waals surface area contributed by atoms with Gasteiger partial charge in [0, 0.05) is 24.0 Å². The van der Waals surface area contributed by atoms with Gasteiger partial charge in [0.05, 0.1) is 30.4 Å². The lowest BCUT2D eigenvalue weighted by Gasteiger charge is -2.13. The van der Waals surface area contributed by atoms with Gasteiger partial charge in [-0.3, -0.25) is 18.8 Å². The molecule has 0 atom stereocenters. The Bertz CT molecular complexity index is 1650. The SMILES string of the molecule is COc1ccc(-n2c(-c3ccc(C)cc3)cnc2SCC(=O)c2c(C)n(C)n(-c3ccccc3)c2=O)cc1. The van der Waals surface area contributed by atoms with E-state index in [1.54, 1.807) is 25.8 Å². The Balaban J connectivity index is 1.49. The molecule has 3 aromatic carbocycles. The summed E-state index contributed by atoms with van der Waals surface area (Å²) in [5.41, 5.74) is 5.22. The molecule has 0 aliphatic heterocycles. The zero-order chi connectivity index (χ0) is 26.8. The van der Waals surface area contributed by atoms with E-state index in [4.69, 9.17) is 4.74 Å². The minimum Gasteiger partial charge on any atom is -0.497 e. The van der Waals surface area contributed by atoms with E-state index in [0.717, 1.165) is 22.7 Å². The van der Waals surface area contributed by atoms with Gasteiger partial charge in [0.2, 0.25) is 0 Å². The van der Waals surface area contributed by atoms with Crippen LogP contribution in [-0.2, 0) is 7.05 Å². The number of nitrogens with zero attached hydrogens (tertiary/aromatic N) is 4. The second-order valence-corrected chi connectivity index (χ2v) is 9.92. The second kappa shape index (κ2) is 10.6. The molecule has 0 N–H and O–H groups in total. The summed E-state index contributed by atoms with van der Waals surface area (Å²) in [5, 5.41) is 0.663. The summed E-state index contributed by atoms with van der Waals surface area (Å²) < 4.78 is 10.6. The lowest BCUT2D eigenvalue weighted by Crippen LogP contribution is -2.23. The molecular weight excluding hydrogens is 496 g/mol. The van der Waals surface area contributed by atoms with Crippen molar-refractivity contribution in [3.05, 3.63) is 112 Å². The molecular formula is C30H28N4O3S. The fourth-order valence-corrected chi connectivity index (χ4v) is 5.30. The number of aryl methyl sites for hydroxylation is 1. The molecule has 0 aliphatic rings. The third-order valence-electron chi connectivity index (χ3n) is 6.57. The summed E-state index contributed by atoms with van der Waals surface area (Å²) in [6.07, 6.45) is 1.82. The minimum absolute atomic E-state index is 0.0788. The highest BCUT2D eigenvalue weighted by molar-refractivity contribution is 7.99. The molecule has 2 aromatic heterocycles. The summed E-state index contributed by atoms with van der Waals surface area (Å²) in [5.74, 6) is 0.600. The molecule has 0 unspecified atom stereocenters. The molecule has 5 rings (SSSR count). The molecule has 8 heteroatoms. The topological polar surface area (TPSA) is 71.1 Å². The fraction of sp³-hybridized carbons (Fsp3) is 0.167. The quantitative estimate of drug-likeness (QED) is 0.194. The number of carbonyl (C=O) groups excluding carboxylic acids is 1. The molecule has 2 heterocycles. The van der Waals surface area contributed by atoms with Crippen LogP contribution in [0.25, 0.3) is 22.6 Å². The van der Waals surface area contributed by atoms with Gasteiger partial charge in [-0.05, 0) is 50.2 Å². The minimum atomic E-state index is -0.319. The standard InChI is InChI=1S/C30H28N4O3S/c1-20-10-12-22(13-11-20)26-18-31-30(33(26)23-14-16-25(37-4)17-15-23)38-19-27(35)28-21(2)32(3)34(29(28)36)24-8-6-5-7-9-24/h5-18H,19H2,1-4H3. The van der Waals surface area contributed by atoms with Gasteiger partial charge in [-0.25, -0.2) is 9.67 Å². The fourth-order valence-electron chi connectivity index (χ4n) is 4.44. The number of hydrogen-bond donors (Lipinski definition) is 0. The maximum atomic E-state index is 13.4. The number of thioether (sulfide) groups is 1. The van der Waals surface area contributed by atoms with E-state index >= 15 is 0 Å². The van der Waals surface area contributed by atoms with Crippen molar-refractivity contribution in [3.63, 3.8) is 0 Å². The lowest BCUT2D eigenvalue weighted by atomic mass is 10.1. The molecule has 0 fully saturated rings. The number of methoxy groups -OCH3 is 1. The Labute approximate surface area is 225 Å². The van der Waals surface area contributed by atoms with Crippen LogP contribution in [0.2, 0.25) is 0 Å². The van der Waals surface area contributed by atoms with Crippen molar-refractivity contribution in [2.45, 2.75) is 19.0 Å². The van der Waals surface area contributed by atoms with Crippen LogP contribution in [0.4, 0.5) is 0 Å². The van der Waals surface area contributed by atoms with Crippen LogP contribution >= 0.6 is 11.8 Å². The van der Waals surface area contributed by atoms with Crippen molar-refractivity contribution >= 4 is 17.5 Å². The number of benzene rings is 3. The molecule has 192 valence electrons. The van der Waals surface area contributed by atoms with Crippen LogP contribution in [0, 0.1) is 13.8 Å². The average molecular weight is 525 g/mol. The Kier molecular flexibility index (Phi) is 7.07. The zero-order valence-corrected chi connectivity index (χ0v) is 22.5. The maximum absolute atomic E-state index is 13.4. The normalized spacial score (nSPS) is 11.1. The molecule has 0 saturated carbocycles. The van der Waals surface area contributed by atoms with Gasteiger partial charge < -0.3 is 4.74 Å². The number of aromatic nitrogens is 4. The van der Waals surface area contributed by atoms with E-state index < -0.39 is 0 Å². The van der Waals surface area contributed by atoms with Gasteiger partial charge in [0.1, 0.15) is 11.3 Å². The highest BCUT2D eigenvalue weighted by atomic mass is 32.2. The van der Waals surface area contributed by atoms with Crippen LogP contribution in [0.15, 0.2) is 95.0 Å². The zero-order valence-electron chi connectivity index (χ0n) is 21.7. The van der Waals surface area contributed by atoms with E-state index in [2.05, 4.69) is 36.2 Å². The highest BCUT2D eigenvalue weighted by Crippen LogP contribution is 2.31. The molecule has 0 amide bonds. The summed E-state index contributed by atoms with van der Waals surface area (Å²) >= 11 is 1.32. The molecule has 0 radical (unpaired) electrons. The second-order valence-electron chi connectivity index (χ2n) is 8.97. The number of hydrogen-bond acceptors (Lipinski definition) is 5. The highest BCUT2D eigenvalue weighted by Gasteiger charge is 2.23. The van der Waals surface area contributed by atoms with Crippen molar-refractivity contribution < 1.29 is 9.53 Å². The number of carbonyl (C=O) groups is 1. The monoisotopic (exact) mass is 524 g/mol. The van der Waals surface area contributed by atoms with E-state index in [1.165, 1.54) is 22.0 Å². The van der Waals surface area contributed by atoms with Crippen LogP contribution in [-0.4, -0.2) is 37.6 Å². The number of ketones is 1. The average Bonchev–Trinajstić information content (AvgIpc) is 3.46. The number of ether oxygens (including phenoxy) is 1. The van der Waals surface area contributed by atoms with Crippen LogP contribution in [0.3, 0.4) is 0 Å². The van der Waals surface area contributed by atoms with Crippen molar-refractivity contribution in [1.82, 2.24) is 18.9 Å².